The molecule has 0 radical (unpaired) electrons. The van der Waals surface area contributed by atoms with Gasteiger partial charge in [0.1, 0.15) is 5.15 Å². The molecule has 3 rings (SSSR count). The van der Waals surface area contributed by atoms with Gasteiger partial charge in [0, 0.05) is 47.7 Å². The number of ether oxygens (including phenoxy) is 3. The monoisotopic (exact) mass is 559 g/mol. The molecule has 216 valence electrons. The predicted octanol–water partition coefficient (Wildman–Crippen LogP) is 7.57. The van der Waals surface area contributed by atoms with Gasteiger partial charge in [-0.2, -0.15) is 0 Å². The molecule has 1 saturated heterocycles. The van der Waals surface area contributed by atoms with Gasteiger partial charge in [0.15, 0.2) is 6.10 Å². The first-order valence-electron chi connectivity index (χ1n) is 14.0. The van der Waals surface area contributed by atoms with Gasteiger partial charge in [-0.3, -0.25) is 4.98 Å². The fraction of sp³-hybridized carbons (Fsp3) is 0.645. The van der Waals surface area contributed by atoms with E-state index in [-0.39, 0.29) is 11.5 Å². The lowest BCUT2D eigenvalue weighted by atomic mass is 9.82. The first kappa shape index (κ1) is 31.2. The maximum atomic E-state index is 13.6. The fourth-order valence-corrected chi connectivity index (χ4v) is 4.87. The number of carbonyl (C=O) groups is 1. The van der Waals surface area contributed by atoms with Crippen molar-refractivity contribution >= 4 is 23.3 Å². The van der Waals surface area contributed by atoms with Crippen LogP contribution in [0.15, 0.2) is 18.3 Å². The lowest BCUT2D eigenvalue weighted by Crippen LogP contribution is -2.39. The maximum Gasteiger partial charge on any atom is 0.340 e. The Balaban J connectivity index is 2.22. The van der Waals surface area contributed by atoms with Crippen LogP contribution in [0.1, 0.15) is 92.5 Å². The molecule has 1 fully saturated rings. The summed E-state index contributed by atoms with van der Waals surface area (Å²) < 4.78 is 17.9. The zero-order valence-corrected chi connectivity index (χ0v) is 26.1. The molecule has 3 heterocycles. The first-order valence-corrected chi connectivity index (χ1v) is 14.4. The molecule has 0 amide bonds. The number of carbonyl (C=O) groups excluding carboxylic acids is 1. The maximum absolute atomic E-state index is 13.6. The van der Waals surface area contributed by atoms with Crippen LogP contribution in [0.4, 0.5) is 5.69 Å². The van der Waals surface area contributed by atoms with E-state index in [0.717, 1.165) is 48.4 Å². The number of hydrogen-bond acceptors (Lipinski definition) is 7. The minimum absolute atomic E-state index is 0.241. The summed E-state index contributed by atoms with van der Waals surface area (Å²) >= 11 is 6.78. The SMILES string of the molecule is Cc1ncc(-c2ccc(OCC(C)C)nc2Cl)c(N2CCC(C)(C)CC2)c1C(OC(C)(C)C)C(=O)OC(C)C. The van der Waals surface area contributed by atoms with Crippen molar-refractivity contribution in [2.45, 2.75) is 99.9 Å². The van der Waals surface area contributed by atoms with Crippen LogP contribution in [0.3, 0.4) is 0 Å². The zero-order chi connectivity index (χ0) is 29.1. The van der Waals surface area contributed by atoms with Crippen molar-refractivity contribution in [3.8, 4) is 17.0 Å². The van der Waals surface area contributed by atoms with Crippen molar-refractivity contribution in [2.75, 3.05) is 24.6 Å². The lowest BCUT2D eigenvalue weighted by molar-refractivity contribution is -0.171. The molecule has 0 spiro atoms. The Morgan fingerprint density at radius 1 is 1.10 bits per heavy atom. The number of esters is 1. The molecule has 1 atom stereocenters. The summed E-state index contributed by atoms with van der Waals surface area (Å²) in [6.07, 6.45) is 2.62. The van der Waals surface area contributed by atoms with E-state index >= 15 is 0 Å². The second kappa shape index (κ2) is 12.4. The van der Waals surface area contributed by atoms with E-state index in [4.69, 9.17) is 30.8 Å². The zero-order valence-electron chi connectivity index (χ0n) is 25.4. The van der Waals surface area contributed by atoms with Crippen molar-refractivity contribution in [2.24, 2.45) is 11.3 Å². The number of piperidine rings is 1. The van der Waals surface area contributed by atoms with Gasteiger partial charge in [0.05, 0.1) is 24.0 Å². The third kappa shape index (κ3) is 8.31. The molecule has 2 aromatic heterocycles. The summed E-state index contributed by atoms with van der Waals surface area (Å²) in [5.74, 6) is 0.421. The third-order valence-electron chi connectivity index (χ3n) is 6.70. The average Bonchev–Trinajstić information content (AvgIpc) is 2.81. The van der Waals surface area contributed by atoms with Gasteiger partial charge in [-0.25, -0.2) is 9.78 Å². The molecule has 7 nitrogen and oxygen atoms in total. The molecular weight excluding hydrogens is 514 g/mol. The quantitative estimate of drug-likeness (QED) is 0.231. The summed E-state index contributed by atoms with van der Waals surface area (Å²) in [6.45, 7) is 22.4. The Morgan fingerprint density at radius 3 is 2.28 bits per heavy atom. The minimum atomic E-state index is -0.954. The molecule has 0 N–H and O–H groups in total. The molecule has 0 aromatic carbocycles. The second-order valence-corrected chi connectivity index (χ2v) is 13.3. The van der Waals surface area contributed by atoms with Crippen LogP contribution in [0.2, 0.25) is 5.15 Å². The summed E-state index contributed by atoms with van der Waals surface area (Å²) in [7, 11) is 0. The number of hydrogen-bond donors (Lipinski definition) is 0. The molecular formula is C31H46ClN3O4. The van der Waals surface area contributed by atoms with Gasteiger partial charge in [-0.15, -0.1) is 0 Å². The van der Waals surface area contributed by atoms with Crippen LogP contribution in [0.25, 0.3) is 11.1 Å². The van der Waals surface area contributed by atoms with Crippen molar-refractivity contribution in [1.29, 1.82) is 0 Å². The summed E-state index contributed by atoms with van der Waals surface area (Å²) in [5.41, 5.74) is 3.51. The molecule has 0 bridgehead atoms. The highest BCUT2D eigenvalue weighted by Gasteiger charge is 2.37. The fourth-order valence-electron chi connectivity index (χ4n) is 4.62. The Morgan fingerprint density at radius 2 is 1.74 bits per heavy atom. The van der Waals surface area contributed by atoms with Crippen LogP contribution in [0.5, 0.6) is 5.88 Å². The molecule has 0 saturated carbocycles. The van der Waals surface area contributed by atoms with E-state index in [1.807, 2.05) is 59.9 Å². The molecule has 39 heavy (non-hydrogen) atoms. The minimum Gasteiger partial charge on any atom is -0.477 e. The van der Waals surface area contributed by atoms with Gasteiger partial charge in [-0.1, -0.05) is 39.3 Å². The van der Waals surface area contributed by atoms with Gasteiger partial charge in [0.2, 0.25) is 5.88 Å². The number of nitrogens with zero attached hydrogens (tertiary/aromatic N) is 3. The van der Waals surface area contributed by atoms with Gasteiger partial charge in [-0.05, 0) is 71.8 Å². The number of aryl methyl sites for hydroxylation is 1. The smallest absolute Gasteiger partial charge is 0.340 e. The van der Waals surface area contributed by atoms with Crippen LogP contribution < -0.4 is 9.64 Å². The number of anilines is 1. The Kier molecular flexibility index (Phi) is 9.92. The Labute approximate surface area is 239 Å². The van der Waals surface area contributed by atoms with Crippen molar-refractivity contribution < 1.29 is 19.0 Å². The highest BCUT2D eigenvalue weighted by atomic mass is 35.5. The number of halogens is 1. The Bertz CT molecular complexity index is 1150. The van der Waals surface area contributed by atoms with Crippen molar-refractivity contribution in [1.82, 2.24) is 9.97 Å². The van der Waals surface area contributed by atoms with E-state index in [0.29, 0.717) is 29.1 Å². The van der Waals surface area contributed by atoms with E-state index in [9.17, 15) is 4.79 Å². The first-order chi connectivity index (χ1) is 18.1. The summed E-state index contributed by atoms with van der Waals surface area (Å²) in [6, 6.07) is 3.76. The molecule has 0 aliphatic carbocycles. The molecule has 1 aliphatic heterocycles. The average molecular weight is 560 g/mol. The van der Waals surface area contributed by atoms with Crippen LogP contribution in [-0.4, -0.2) is 47.3 Å². The normalized spacial score (nSPS) is 16.5. The lowest BCUT2D eigenvalue weighted by Gasteiger charge is -2.41. The van der Waals surface area contributed by atoms with Gasteiger partial charge in [0.25, 0.3) is 0 Å². The number of rotatable bonds is 9. The largest absolute Gasteiger partial charge is 0.477 e. The predicted molar refractivity (Wildman–Crippen MR) is 158 cm³/mol. The molecule has 8 heteroatoms. The summed E-state index contributed by atoms with van der Waals surface area (Å²) in [4.78, 5) is 25.2. The number of aromatic nitrogens is 2. The highest BCUT2D eigenvalue weighted by Crippen LogP contribution is 2.45. The molecule has 1 unspecified atom stereocenters. The van der Waals surface area contributed by atoms with Crippen LogP contribution in [0, 0.1) is 18.3 Å². The van der Waals surface area contributed by atoms with E-state index in [1.165, 1.54) is 0 Å². The highest BCUT2D eigenvalue weighted by molar-refractivity contribution is 6.32. The Hall–Kier alpha value is -2.38. The third-order valence-corrected chi connectivity index (χ3v) is 6.99. The standard InChI is InChI=1S/C31H46ClN3O4/c1-19(2)18-37-24-12-11-22(28(32)34-24)23-17-33-21(5)25(26(23)35-15-13-31(9,10)14-16-35)27(39-30(6,7)8)29(36)38-20(3)4/h11-12,17,19-20,27H,13-16,18H2,1-10H3. The number of pyridine rings is 2. The topological polar surface area (TPSA) is 73.8 Å². The second-order valence-electron chi connectivity index (χ2n) is 13.0. The summed E-state index contributed by atoms with van der Waals surface area (Å²) in [5, 5.41) is 0.324. The van der Waals surface area contributed by atoms with E-state index in [2.05, 4.69) is 37.6 Å². The van der Waals surface area contributed by atoms with Crippen LogP contribution in [-0.2, 0) is 14.3 Å². The van der Waals surface area contributed by atoms with Gasteiger partial charge < -0.3 is 19.1 Å². The van der Waals surface area contributed by atoms with Gasteiger partial charge >= 0.3 is 5.97 Å². The van der Waals surface area contributed by atoms with E-state index in [1.54, 1.807) is 0 Å². The molecule has 2 aromatic rings. The van der Waals surface area contributed by atoms with Crippen molar-refractivity contribution in [3.05, 3.63) is 34.7 Å². The van der Waals surface area contributed by atoms with Crippen molar-refractivity contribution in [3.63, 3.8) is 0 Å². The molecule has 1 aliphatic rings. The van der Waals surface area contributed by atoms with E-state index < -0.39 is 17.7 Å². The van der Waals surface area contributed by atoms with Crippen LogP contribution >= 0.6 is 11.6 Å².